The Morgan fingerprint density at radius 2 is 1.75 bits per heavy atom. The summed E-state index contributed by atoms with van der Waals surface area (Å²) in [6.45, 7) is 11.2. The van der Waals surface area contributed by atoms with Crippen molar-refractivity contribution in [2.75, 3.05) is 31.1 Å². The fraction of sp³-hybridized carbons (Fsp3) is 0.560. The number of anilines is 1. The molecule has 2 aromatic rings. The van der Waals surface area contributed by atoms with Gasteiger partial charge >= 0.3 is 6.03 Å². The first kappa shape index (κ1) is 22.5. The van der Waals surface area contributed by atoms with E-state index in [4.69, 9.17) is 0 Å². The highest BCUT2D eigenvalue weighted by atomic mass is 16.2. The molecule has 0 bridgehead atoms. The molecule has 3 heterocycles. The van der Waals surface area contributed by atoms with Gasteiger partial charge in [-0.1, -0.05) is 45.0 Å². The largest absolute Gasteiger partial charge is 0.341 e. The summed E-state index contributed by atoms with van der Waals surface area (Å²) < 4.78 is 0. The lowest BCUT2D eigenvalue weighted by molar-refractivity contribution is 0.160. The molecule has 1 fully saturated rings. The number of hydrogen-bond acceptors (Lipinski definition) is 5. The van der Waals surface area contributed by atoms with Crippen LogP contribution in [0.1, 0.15) is 44.7 Å². The van der Waals surface area contributed by atoms with Crippen molar-refractivity contribution in [1.82, 2.24) is 25.5 Å². The number of benzene rings is 1. The molecule has 7 nitrogen and oxygen atoms in total. The van der Waals surface area contributed by atoms with E-state index in [9.17, 15) is 4.79 Å². The SMILES string of the molecule is CC(C)(C)[C@@H](CN1CCc2ccccc2C1)NC(=O)NC1CCN(c2ncccn2)CC1. The smallest absolute Gasteiger partial charge is 0.315 e. The Labute approximate surface area is 191 Å². The van der Waals surface area contributed by atoms with Gasteiger partial charge in [-0.15, -0.1) is 0 Å². The Morgan fingerprint density at radius 3 is 2.44 bits per heavy atom. The van der Waals surface area contributed by atoms with Gasteiger partial charge in [-0.05, 0) is 41.9 Å². The number of nitrogens with zero attached hydrogens (tertiary/aromatic N) is 4. The van der Waals surface area contributed by atoms with Gasteiger partial charge in [0.25, 0.3) is 0 Å². The molecule has 2 aliphatic heterocycles. The fourth-order valence-corrected chi connectivity index (χ4v) is 4.57. The van der Waals surface area contributed by atoms with Gasteiger partial charge in [0.1, 0.15) is 0 Å². The van der Waals surface area contributed by atoms with E-state index in [1.54, 1.807) is 12.4 Å². The number of hydrogen-bond donors (Lipinski definition) is 2. The quantitative estimate of drug-likeness (QED) is 0.753. The van der Waals surface area contributed by atoms with Crippen molar-refractivity contribution in [1.29, 1.82) is 0 Å². The Bertz CT molecular complexity index is 889. The first-order valence-electron chi connectivity index (χ1n) is 11.8. The lowest BCUT2D eigenvalue weighted by Crippen LogP contribution is -2.56. The number of piperidine rings is 1. The lowest BCUT2D eigenvalue weighted by Gasteiger charge is -2.38. The Balaban J connectivity index is 1.28. The van der Waals surface area contributed by atoms with Crippen LogP contribution in [0.2, 0.25) is 0 Å². The summed E-state index contributed by atoms with van der Waals surface area (Å²) in [5, 5.41) is 6.50. The molecule has 4 rings (SSSR count). The molecule has 0 radical (unpaired) electrons. The monoisotopic (exact) mass is 436 g/mol. The Kier molecular flexibility index (Phi) is 6.94. The third-order valence-electron chi connectivity index (χ3n) is 6.67. The van der Waals surface area contributed by atoms with E-state index >= 15 is 0 Å². The lowest BCUT2D eigenvalue weighted by atomic mass is 9.86. The average molecular weight is 437 g/mol. The van der Waals surface area contributed by atoms with Crippen molar-refractivity contribution in [3.63, 3.8) is 0 Å². The van der Waals surface area contributed by atoms with E-state index < -0.39 is 0 Å². The highest BCUT2D eigenvalue weighted by Crippen LogP contribution is 2.24. The Morgan fingerprint density at radius 1 is 1.06 bits per heavy atom. The molecule has 2 aliphatic rings. The van der Waals surface area contributed by atoms with Crippen molar-refractivity contribution in [2.45, 2.75) is 58.7 Å². The molecule has 32 heavy (non-hydrogen) atoms. The number of amides is 2. The maximum absolute atomic E-state index is 12.9. The first-order chi connectivity index (χ1) is 15.4. The molecular weight excluding hydrogens is 400 g/mol. The van der Waals surface area contributed by atoms with Crippen LogP contribution in [0.3, 0.4) is 0 Å². The molecule has 0 saturated carbocycles. The molecule has 2 N–H and O–H groups in total. The summed E-state index contributed by atoms with van der Waals surface area (Å²) >= 11 is 0. The van der Waals surface area contributed by atoms with Crippen LogP contribution in [0.25, 0.3) is 0 Å². The molecule has 1 aromatic carbocycles. The van der Waals surface area contributed by atoms with Crippen molar-refractivity contribution < 1.29 is 4.79 Å². The van der Waals surface area contributed by atoms with Gasteiger partial charge < -0.3 is 15.5 Å². The van der Waals surface area contributed by atoms with Crippen molar-refractivity contribution in [3.05, 3.63) is 53.9 Å². The zero-order chi connectivity index (χ0) is 22.6. The van der Waals surface area contributed by atoms with Crippen LogP contribution in [0, 0.1) is 5.41 Å². The molecule has 7 heteroatoms. The second kappa shape index (κ2) is 9.86. The van der Waals surface area contributed by atoms with Crippen molar-refractivity contribution in [2.24, 2.45) is 5.41 Å². The second-order valence-electron chi connectivity index (χ2n) is 10.1. The minimum Gasteiger partial charge on any atom is -0.341 e. The average Bonchev–Trinajstić information content (AvgIpc) is 2.79. The van der Waals surface area contributed by atoms with Crippen LogP contribution in [-0.4, -0.2) is 59.2 Å². The van der Waals surface area contributed by atoms with E-state index in [1.165, 1.54) is 11.1 Å². The topological polar surface area (TPSA) is 73.4 Å². The van der Waals surface area contributed by atoms with E-state index in [1.807, 2.05) is 6.07 Å². The molecular formula is C25H36N6O. The highest BCUT2D eigenvalue weighted by molar-refractivity contribution is 5.74. The van der Waals surface area contributed by atoms with Crippen molar-refractivity contribution in [3.8, 4) is 0 Å². The minimum absolute atomic E-state index is 0.0255. The molecule has 0 spiro atoms. The maximum Gasteiger partial charge on any atom is 0.315 e. The van der Waals surface area contributed by atoms with Crippen LogP contribution >= 0.6 is 0 Å². The number of urea groups is 1. The predicted molar refractivity (Wildman–Crippen MR) is 128 cm³/mol. The Hall–Kier alpha value is -2.67. The van der Waals surface area contributed by atoms with Crippen LogP contribution in [0.5, 0.6) is 0 Å². The zero-order valence-electron chi connectivity index (χ0n) is 19.6. The summed E-state index contributed by atoms with van der Waals surface area (Å²) in [5.41, 5.74) is 2.83. The van der Waals surface area contributed by atoms with Gasteiger partial charge in [0.15, 0.2) is 0 Å². The number of aromatic nitrogens is 2. The summed E-state index contributed by atoms with van der Waals surface area (Å²) in [5.74, 6) is 0.770. The molecule has 0 aliphatic carbocycles. The zero-order valence-corrected chi connectivity index (χ0v) is 19.6. The van der Waals surface area contributed by atoms with Crippen LogP contribution < -0.4 is 15.5 Å². The molecule has 1 aromatic heterocycles. The normalized spacial score (nSPS) is 18.7. The number of carbonyl (C=O) groups is 1. The molecule has 0 unspecified atom stereocenters. The van der Waals surface area contributed by atoms with E-state index in [0.29, 0.717) is 0 Å². The van der Waals surface area contributed by atoms with Gasteiger partial charge in [-0.25, -0.2) is 14.8 Å². The number of carbonyl (C=O) groups excluding carboxylic acids is 1. The summed E-state index contributed by atoms with van der Waals surface area (Å²) in [6.07, 6.45) is 6.41. The van der Waals surface area contributed by atoms with E-state index in [2.05, 4.69) is 75.4 Å². The predicted octanol–water partition coefficient (Wildman–Crippen LogP) is 3.22. The second-order valence-corrected chi connectivity index (χ2v) is 10.1. The number of rotatable bonds is 5. The van der Waals surface area contributed by atoms with Gasteiger partial charge in [0.2, 0.25) is 5.95 Å². The van der Waals surface area contributed by atoms with Gasteiger partial charge in [-0.2, -0.15) is 0 Å². The van der Waals surface area contributed by atoms with Crippen LogP contribution in [0.4, 0.5) is 10.7 Å². The number of fused-ring (bicyclic) bond motifs is 1. The third-order valence-corrected chi connectivity index (χ3v) is 6.67. The fourth-order valence-electron chi connectivity index (χ4n) is 4.57. The maximum atomic E-state index is 12.9. The molecule has 2 amide bonds. The van der Waals surface area contributed by atoms with Crippen molar-refractivity contribution >= 4 is 12.0 Å². The molecule has 1 atom stereocenters. The van der Waals surface area contributed by atoms with E-state index in [-0.39, 0.29) is 23.5 Å². The van der Waals surface area contributed by atoms with Crippen LogP contribution in [-0.2, 0) is 13.0 Å². The minimum atomic E-state index is -0.0586. The summed E-state index contributed by atoms with van der Waals surface area (Å²) in [6, 6.07) is 10.7. The van der Waals surface area contributed by atoms with E-state index in [0.717, 1.165) is 57.9 Å². The van der Waals surface area contributed by atoms with Gasteiger partial charge in [0, 0.05) is 57.2 Å². The van der Waals surface area contributed by atoms with Gasteiger partial charge in [-0.3, -0.25) is 4.90 Å². The van der Waals surface area contributed by atoms with Gasteiger partial charge in [0.05, 0.1) is 0 Å². The highest BCUT2D eigenvalue weighted by Gasteiger charge is 2.30. The molecule has 172 valence electrons. The number of nitrogens with one attached hydrogen (secondary N) is 2. The van der Waals surface area contributed by atoms with Crippen LogP contribution in [0.15, 0.2) is 42.7 Å². The summed E-state index contributed by atoms with van der Waals surface area (Å²) in [4.78, 5) is 26.2. The summed E-state index contributed by atoms with van der Waals surface area (Å²) in [7, 11) is 0. The standard InChI is InChI=1S/C25H36N6O/c1-25(2,3)22(18-30-14-9-19-7-4-5-8-20(19)17-30)29-24(32)28-21-10-15-31(16-11-21)23-26-12-6-13-27-23/h4-8,12-13,21-22H,9-11,14-18H2,1-3H3,(H2,28,29,32)/t22-/m1/s1. The molecule has 1 saturated heterocycles. The first-order valence-corrected chi connectivity index (χ1v) is 11.8. The third kappa shape index (κ3) is 5.76.